The molecule has 1 N–H and O–H groups in total. The molecule has 0 bridgehead atoms. The summed E-state index contributed by atoms with van der Waals surface area (Å²) in [6.45, 7) is 11.5. The summed E-state index contributed by atoms with van der Waals surface area (Å²) in [5.74, 6) is 0.642. The van der Waals surface area contributed by atoms with Crippen molar-refractivity contribution >= 4 is 5.91 Å². The van der Waals surface area contributed by atoms with E-state index >= 15 is 0 Å². The Bertz CT molecular complexity index is 348. The Kier molecular flexibility index (Phi) is 5.22. The number of hydrogen-bond donors (Lipinski definition) is 1. The smallest absolute Gasteiger partial charge is 0.255 e. The zero-order chi connectivity index (χ0) is 12.8. The van der Waals surface area contributed by atoms with Crippen LogP contribution in [0.25, 0.3) is 0 Å². The summed E-state index contributed by atoms with van der Waals surface area (Å²) in [5.41, 5.74) is 1.56. The maximum atomic E-state index is 11.9. The van der Waals surface area contributed by atoms with Crippen molar-refractivity contribution in [3.05, 3.63) is 23.2 Å². The summed E-state index contributed by atoms with van der Waals surface area (Å²) in [6.07, 6.45) is 1.62. The first-order valence-electron chi connectivity index (χ1n) is 6.15. The van der Waals surface area contributed by atoms with Crippen LogP contribution in [0.15, 0.2) is 10.7 Å². The fraction of sp³-hybridized carbons (Fsp3) is 0.615. The van der Waals surface area contributed by atoms with Gasteiger partial charge < -0.3 is 14.6 Å². The third kappa shape index (κ3) is 3.60. The molecule has 0 saturated carbocycles. The molecule has 0 aromatic carbocycles. The quantitative estimate of drug-likeness (QED) is 0.824. The monoisotopic (exact) mass is 238 g/mol. The van der Waals surface area contributed by atoms with Crippen LogP contribution in [0.3, 0.4) is 0 Å². The van der Waals surface area contributed by atoms with Gasteiger partial charge in [-0.3, -0.25) is 4.79 Å². The summed E-state index contributed by atoms with van der Waals surface area (Å²) in [7, 11) is 0. The maximum Gasteiger partial charge on any atom is 0.255 e. The number of aryl methyl sites for hydroxylation is 2. The van der Waals surface area contributed by atoms with Gasteiger partial charge in [-0.15, -0.1) is 0 Å². The average Bonchev–Trinajstić information content (AvgIpc) is 2.64. The Morgan fingerprint density at radius 3 is 2.47 bits per heavy atom. The molecule has 0 aliphatic heterocycles. The Balaban J connectivity index is 2.45. The lowest BCUT2D eigenvalue weighted by Gasteiger charge is -2.17. The van der Waals surface area contributed by atoms with Gasteiger partial charge in [-0.25, -0.2) is 0 Å². The van der Waals surface area contributed by atoms with E-state index < -0.39 is 0 Å². The van der Waals surface area contributed by atoms with Gasteiger partial charge >= 0.3 is 0 Å². The van der Waals surface area contributed by atoms with Crippen LogP contribution in [0.2, 0.25) is 0 Å². The summed E-state index contributed by atoms with van der Waals surface area (Å²) in [5, 5.41) is 2.93. The van der Waals surface area contributed by atoms with Gasteiger partial charge in [0, 0.05) is 18.7 Å². The van der Waals surface area contributed by atoms with Crippen molar-refractivity contribution in [2.75, 3.05) is 26.2 Å². The minimum absolute atomic E-state index is 0.0408. The molecule has 17 heavy (non-hydrogen) atoms. The number of likely N-dealkylation sites (N-methyl/N-ethyl adjacent to an activating group) is 1. The van der Waals surface area contributed by atoms with Crippen LogP contribution in [0, 0.1) is 13.8 Å². The number of rotatable bonds is 6. The van der Waals surface area contributed by atoms with Crippen molar-refractivity contribution in [1.82, 2.24) is 10.2 Å². The molecule has 0 fully saturated rings. The predicted molar refractivity (Wildman–Crippen MR) is 68.3 cm³/mol. The van der Waals surface area contributed by atoms with Crippen LogP contribution in [0.5, 0.6) is 0 Å². The van der Waals surface area contributed by atoms with E-state index in [2.05, 4.69) is 24.1 Å². The molecule has 0 spiro atoms. The molecule has 1 rings (SSSR count). The number of amides is 1. The molecule has 1 heterocycles. The standard InChI is InChI=1S/C13H22N2O2/c1-5-15(6-2)8-7-14-13(16)12-10(3)9-17-11(12)4/h9H,5-8H2,1-4H3,(H,14,16). The van der Waals surface area contributed by atoms with Gasteiger partial charge in [-0.2, -0.15) is 0 Å². The minimum Gasteiger partial charge on any atom is -0.469 e. The van der Waals surface area contributed by atoms with Gasteiger partial charge in [0.1, 0.15) is 5.76 Å². The number of furan rings is 1. The molecule has 0 saturated heterocycles. The van der Waals surface area contributed by atoms with Crippen molar-refractivity contribution in [2.45, 2.75) is 27.7 Å². The number of carbonyl (C=O) groups is 1. The Morgan fingerprint density at radius 2 is 2.00 bits per heavy atom. The van der Waals surface area contributed by atoms with Crippen LogP contribution >= 0.6 is 0 Å². The summed E-state index contributed by atoms with van der Waals surface area (Å²) < 4.78 is 5.21. The lowest BCUT2D eigenvalue weighted by molar-refractivity contribution is 0.0947. The van der Waals surface area contributed by atoms with E-state index in [0.29, 0.717) is 17.9 Å². The number of hydrogen-bond acceptors (Lipinski definition) is 3. The van der Waals surface area contributed by atoms with E-state index in [1.807, 2.05) is 13.8 Å². The van der Waals surface area contributed by atoms with Crippen LogP contribution in [-0.2, 0) is 0 Å². The van der Waals surface area contributed by atoms with Crippen molar-refractivity contribution < 1.29 is 9.21 Å². The molecule has 0 aliphatic carbocycles. The second-order valence-electron chi connectivity index (χ2n) is 4.13. The van der Waals surface area contributed by atoms with Crippen LogP contribution < -0.4 is 5.32 Å². The third-order valence-electron chi connectivity index (χ3n) is 2.99. The van der Waals surface area contributed by atoms with Gasteiger partial charge in [-0.05, 0) is 26.9 Å². The maximum absolute atomic E-state index is 11.9. The zero-order valence-electron chi connectivity index (χ0n) is 11.2. The Morgan fingerprint density at radius 1 is 1.35 bits per heavy atom. The first-order chi connectivity index (χ1) is 8.10. The first-order valence-corrected chi connectivity index (χ1v) is 6.15. The summed E-state index contributed by atoms with van der Waals surface area (Å²) in [4.78, 5) is 14.2. The van der Waals surface area contributed by atoms with Crippen LogP contribution in [-0.4, -0.2) is 37.0 Å². The normalized spacial score (nSPS) is 10.9. The van der Waals surface area contributed by atoms with E-state index in [1.165, 1.54) is 0 Å². The van der Waals surface area contributed by atoms with Gasteiger partial charge in [0.15, 0.2) is 0 Å². The fourth-order valence-electron chi connectivity index (χ4n) is 1.87. The van der Waals surface area contributed by atoms with Crippen molar-refractivity contribution in [1.29, 1.82) is 0 Å². The molecule has 1 amide bonds. The largest absolute Gasteiger partial charge is 0.469 e. The molecule has 0 aliphatic rings. The van der Waals surface area contributed by atoms with E-state index in [0.717, 1.165) is 25.2 Å². The lowest BCUT2D eigenvalue weighted by Crippen LogP contribution is -2.35. The number of carbonyl (C=O) groups excluding carboxylic acids is 1. The second kappa shape index (κ2) is 6.45. The molecular formula is C13H22N2O2. The summed E-state index contributed by atoms with van der Waals surface area (Å²) >= 11 is 0. The van der Waals surface area contributed by atoms with Gasteiger partial charge in [0.25, 0.3) is 5.91 Å². The van der Waals surface area contributed by atoms with Crippen molar-refractivity contribution in [3.8, 4) is 0 Å². The topological polar surface area (TPSA) is 45.5 Å². The highest BCUT2D eigenvalue weighted by Gasteiger charge is 2.14. The highest BCUT2D eigenvalue weighted by molar-refractivity contribution is 5.96. The Hall–Kier alpha value is -1.29. The average molecular weight is 238 g/mol. The minimum atomic E-state index is -0.0408. The molecule has 4 nitrogen and oxygen atoms in total. The third-order valence-corrected chi connectivity index (χ3v) is 2.99. The molecule has 0 radical (unpaired) electrons. The van der Waals surface area contributed by atoms with Gasteiger partial charge in [0.2, 0.25) is 0 Å². The summed E-state index contributed by atoms with van der Waals surface area (Å²) in [6, 6.07) is 0. The lowest BCUT2D eigenvalue weighted by atomic mass is 10.1. The van der Waals surface area contributed by atoms with Gasteiger partial charge in [-0.1, -0.05) is 13.8 Å². The molecule has 1 aromatic heterocycles. The van der Waals surface area contributed by atoms with E-state index in [-0.39, 0.29) is 5.91 Å². The predicted octanol–water partition coefficient (Wildman–Crippen LogP) is 1.97. The van der Waals surface area contributed by atoms with Crippen LogP contribution in [0.1, 0.15) is 35.5 Å². The molecular weight excluding hydrogens is 216 g/mol. The van der Waals surface area contributed by atoms with Crippen LogP contribution in [0.4, 0.5) is 0 Å². The SMILES string of the molecule is CCN(CC)CCNC(=O)c1c(C)coc1C. The van der Waals surface area contributed by atoms with E-state index in [1.54, 1.807) is 6.26 Å². The van der Waals surface area contributed by atoms with Crippen molar-refractivity contribution in [3.63, 3.8) is 0 Å². The molecule has 1 aromatic rings. The molecule has 96 valence electrons. The highest BCUT2D eigenvalue weighted by atomic mass is 16.3. The number of nitrogens with one attached hydrogen (secondary N) is 1. The first kappa shape index (κ1) is 13.8. The van der Waals surface area contributed by atoms with E-state index in [4.69, 9.17) is 4.42 Å². The second-order valence-corrected chi connectivity index (χ2v) is 4.13. The molecule has 0 atom stereocenters. The van der Waals surface area contributed by atoms with E-state index in [9.17, 15) is 4.79 Å². The molecule has 4 heteroatoms. The fourth-order valence-corrected chi connectivity index (χ4v) is 1.87. The molecule has 0 unspecified atom stereocenters. The van der Waals surface area contributed by atoms with Gasteiger partial charge in [0.05, 0.1) is 11.8 Å². The highest BCUT2D eigenvalue weighted by Crippen LogP contribution is 2.14. The Labute approximate surface area is 103 Å². The van der Waals surface area contributed by atoms with Crippen molar-refractivity contribution in [2.24, 2.45) is 0 Å². The number of nitrogens with zero attached hydrogens (tertiary/aromatic N) is 1. The zero-order valence-corrected chi connectivity index (χ0v) is 11.2.